The number of nitrogen functional groups attached to an aromatic ring is 2. The molecular formula is C14H16N2. The largest absolute Gasteiger partial charge is 0.399 e. The van der Waals surface area contributed by atoms with Crippen LogP contribution in [0.5, 0.6) is 0 Å². The number of aryl methyl sites for hydroxylation is 2. The molecule has 0 spiro atoms. The molecule has 0 aromatic heterocycles. The van der Waals surface area contributed by atoms with Crippen LogP contribution in [0.25, 0.3) is 11.1 Å². The van der Waals surface area contributed by atoms with Crippen LogP contribution in [0.1, 0.15) is 11.1 Å². The summed E-state index contributed by atoms with van der Waals surface area (Å²) in [6, 6.07) is 12.1. The second kappa shape index (κ2) is 3.89. The van der Waals surface area contributed by atoms with Crippen molar-refractivity contribution in [3.05, 3.63) is 47.5 Å². The first-order valence-electron chi connectivity index (χ1n) is 5.30. The highest BCUT2D eigenvalue weighted by Crippen LogP contribution is 2.26. The third-order valence-corrected chi connectivity index (χ3v) is 2.70. The SMILES string of the molecule is Cc1cc(N)cc(-c2ccc(N)c(C)c2)c1. The smallest absolute Gasteiger partial charge is 0.0344 e. The quantitative estimate of drug-likeness (QED) is 0.713. The molecule has 0 saturated carbocycles. The van der Waals surface area contributed by atoms with Crippen LogP contribution in [-0.2, 0) is 0 Å². The van der Waals surface area contributed by atoms with Crippen LogP contribution in [0, 0.1) is 13.8 Å². The molecule has 2 aromatic rings. The second-order valence-corrected chi connectivity index (χ2v) is 4.20. The van der Waals surface area contributed by atoms with Gasteiger partial charge < -0.3 is 11.5 Å². The molecule has 2 nitrogen and oxygen atoms in total. The predicted octanol–water partition coefficient (Wildman–Crippen LogP) is 3.13. The lowest BCUT2D eigenvalue weighted by molar-refractivity contribution is 1.44. The molecule has 0 aliphatic heterocycles. The van der Waals surface area contributed by atoms with E-state index in [4.69, 9.17) is 11.5 Å². The summed E-state index contributed by atoms with van der Waals surface area (Å²) in [7, 11) is 0. The number of hydrogen-bond acceptors (Lipinski definition) is 2. The summed E-state index contributed by atoms with van der Waals surface area (Å²) >= 11 is 0. The van der Waals surface area contributed by atoms with Crippen molar-refractivity contribution in [3.8, 4) is 11.1 Å². The van der Waals surface area contributed by atoms with Crippen molar-refractivity contribution in [3.63, 3.8) is 0 Å². The number of benzene rings is 2. The summed E-state index contributed by atoms with van der Waals surface area (Å²) in [6.45, 7) is 4.06. The molecule has 0 aliphatic rings. The highest BCUT2D eigenvalue weighted by atomic mass is 14.6. The van der Waals surface area contributed by atoms with E-state index in [1.165, 1.54) is 5.56 Å². The molecular weight excluding hydrogens is 196 g/mol. The first-order chi connectivity index (χ1) is 7.56. The summed E-state index contributed by atoms with van der Waals surface area (Å²) in [6.07, 6.45) is 0. The Morgan fingerprint density at radius 3 is 2.19 bits per heavy atom. The molecule has 0 unspecified atom stereocenters. The Morgan fingerprint density at radius 2 is 1.56 bits per heavy atom. The lowest BCUT2D eigenvalue weighted by atomic mass is 10.0. The molecule has 2 aromatic carbocycles. The van der Waals surface area contributed by atoms with Crippen LogP contribution in [-0.4, -0.2) is 0 Å². The first kappa shape index (κ1) is 10.6. The van der Waals surface area contributed by atoms with Gasteiger partial charge in [-0.2, -0.15) is 0 Å². The van der Waals surface area contributed by atoms with E-state index in [9.17, 15) is 0 Å². The minimum Gasteiger partial charge on any atom is -0.399 e. The van der Waals surface area contributed by atoms with Crippen molar-refractivity contribution >= 4 is 11.4 Å². The molecule has 82 valence electrons. The van der Waals surface area contributed by atoms with Gasteiger partial charge in [0.15, 0.2) is 0 Å². The molecule has 0 saturated heterocycles. The van der Waals surface area contributed by atoms with Crippen molar-refractivity contribution in [2.45, 2.75) is 13.8 Å². The van der Waals surface area contributed by atoms with Crippen molar-refractivity contribution in [2.75, 3.05) is 11.5 Å². The zero-order chi connectivity index (χ0) is 11.7. The van der Waals surface area contributed by atoms with E-state index in [1.807, 2.05) is 38.1 Å². The zero-order valence-electron chi connectivity index (χ0n) is 9.62. The highest BCUT2D eigenvalue weighted by Gasteiger charge is 2.01. The lowest BCUT2D eigenvalue weighted by Gasteiger charge is -2.07. The molecule has 0 atom stereocenters. The number of hydrogen-bond donors (Lipinski definition) is 2. The number of nitrogens with two attached hydrogens (primary N) is 2. The monoisotopic (exact) mass is 212 g/mol. The lowest BCUT2D eigenvalue weighted by Crippen LogP contribution is -1.91. The van der Waals surface area contributed by atoms with Crippen LogP contribution < -0.4 is 11.5 Å². The van der Waals surface area contributed by atoms with Gasteiger partial charge in [0.25, 0.3) is 0 Å². The summed E-state index contributed by atoms with van der Waals surface area (Å²) in [4.78, 5) is 0. The van der Waals surface area contributed by atoms with E-state index in [0.29, 0.717) is 0 Å². The van der Waals surface area contributed by atoms with Gasteiger partial charge in [0, 0.05) is 11.4 Å². The van der Waals surface area contributed by atoms with Gasteiger partial charge in [0.05, 0.1) is 0 Å². The standard InChI is InChI=1S/C14H16N2/c1-9-5-12(8-13(15)6-9)11-3-4-14(16)10(2)7-11/h3-8H,15-16H2,1-2H3. The Bertz CT molecular complexity index is 510. The third kappa shape index (κ3) is 2.01. The zero-order valence-corrected chi connectivity index (χ0v) is 9.62. The van der Waals surface area contributed by atoms with Crippen LogP contribution in [0.3, 0.4) is 0 Å². The van der Waals surface area contributed by atoms with Crippen LogP contribution >= 0.6 is 0 Å². The van der Waals surface area contributed by atoms with E-state index < -0.39 is 0 Å². The topological polar surface area (TPSA) is 52.0 Å². The average molecular weight is 212 g/mol. The number of rotatable bonds is 1. The minimum absolute atomic E-state index is 0.796. The van der Waals surface area contributed by atoms with Gasteiger partial charge in [-0.05, 0) is 60.4 Å². The molecule has 0 fully saturated rings. The summed E-state index contributed by atoms with van der Waals surface area (Å²) in [5, 5.41) is 0. The van der Waals surface area contributed by atoms with Gasteiger partial charge in [-0.25, -0.2) is 0 Å². The fourth-order valence-corrected chi connectivity index (χ4v) is 1.83. The highest BCUT2D eigenvalue weighted by molar-refractivity contribution is 5.71. The first-order valence-corrected chi connectivity index (χ1v) is 5.30. The van der Waals surface area contributed by atoms with Gasteiger partial charge in [-0.3, -0.25) is 0 Å². The summed E-state index contributed by atoms with van der Waals surface area (Å²) < 4.78 is 0. The van der Waals surface area contributed by atoms with Crippen molar-refractivity contribution in [1.29, 1.82) is 0 Å². The van der Waals surface area contributed by atoms with E-state index in [-0.39, 0.29) is 0 Å². The van der Waals surface area contributed by atoms with Crippen molar-refractivity contribution in [1.82, 2.24) is 0 Å². The Hall–Kier alpha value is -1.96. The third-order valence-electron chi connectivity index (χ3n) is 2.70. The van der Waals surface area contributed by atoms with Gasteiger partial charge in [-0.15, -0.1) is 0 Å². The Morgan fingerprint density at radius 1 is 0.812 bits per heavy atom. The molecule has 0 aliphatic carbocycles. The molecule has 2 rings (SSSR count). The number of anilines is 2. The maximum absolute atomic E-state index is 5.84. The van der Waals surface area contributed by atoms with E-state index >= 15 is 0 Å². The average Bonchev–Trinajstić information content (AvgIpc) is 2.20. The van der Waals surface area contributed by atoms with Crippen molar-refractivity contribution in [2.24, 2.45) is 0 Å². The van der Waals surface area contributed by atoms with Gasteiger partial charge in [-0.1, -0.05) is 12.1 Å². The second-order valence-electron chi connectivity index (χ2n) is 4.20. The molecule has 0 amide bonds. The van der Waals surface area contributed by atoms with Crippen LogP contribution in [0.15, 0.2) is 36.4 Å². The maximum atomic E-state index is 5.84. The Labute approximate surface area is 95.9 Å². The fraction of sp³-hybridized carbons (Fsp3) is 0.143. The molecule has 0 radical (unpaired) electrons. The van der Waals surface area contributed by atoms with Gasteiger partial charge >= 0.3 is 0 Å². The maximum Gasteiger partial charge on any atom is 0.0344 e. The van der Waals surface area contributed by atoms with Gasteiger partial charge in [0.2, 0.25) is 0 Å². The fourth-order valence-electron chi connectivity index (χ4n) is 1.83. The Balaban J connectivity index is 2.54. The summed E-state index contributed by atoms with van der Waals surface area (Å²) in [5.41, 5.74) is 17.8. The molecule has 2 heteroatoms. The predicted molar refractivity (Wildman–Crippen MR) is 70.2 cm³/mol. The van der Waals surface area contributed by atoms with E-state index in [2.05, 4.69) is 12.1 Å². The normalized spacial score (nSPS) is 10.4. The van der Waals surface area contributed by atoms with Crippen LogP contribution in [0.4, 0.5) is 11.4 Å². The Kier molecular flexibility index (Phi) is 2.57. The van der Waals surface area contributed by atoms with Crippen molar-refractivity contribution < 1.29 is 0 Å². The minimum atomic E-state index is 0.796. The van der Waals surface area contributed by atoms with Gasteiger partial charge in [0.1, 0.15) is 0 Å². The molecule has 0 bridgehead atoms. The van der Waals surface area contributed by atoms with E-state index in [1.54, 1.807) is 0 Å². The molecule has 16 heavy (non-hydrogen) atoms. The van der Waals surface area contributed by atoms with E-state index in [0.717, 1.165) is 28.1 Å². The molecule has 4 N–H and O–H groups in total. The van der Waals surface area contributed by atoms with Crippen LogP contribution in [0.2, 0.25) is 0 Å². The molecule has 0 heterocycles. The summed E-state index contributed by atoms with van der Waals surface area (Å²) in [5.74, 6) is 0.